The van der Waals surface area contributed by atoms with Gasteiger partial charge in [-0.05, 0) is 42.2 Å². The van der Waals surface area contributed by atoms with Crippen molar-refractivity contribution in [1.82, 2.24) is 0 Å². The molecule has 1 unspecified atom stereocenters. The van der Waals surface area contributed by atoms with Crippen molar-refractivity contribution < 1.29 is 19.7 Å². The smallest absolute Gasteiger partial charge is 0.337 e. The molecule has 0 amide bonds. The average Bonchev–Trinajstić information content (AvgIpc) is 2.54. The lowest BCUT2D eigenvalue weighted by Crippen LogP contribution is -2.15. The Balaban J connectivity index is 2.34. The van der Waals surface area contributed by atoms with Crippen molar-refractivity contribution in [3.63, 3.8) is 0 Å². The molecular formula is C18H19ClO4. The van der Waals surface area contributed by atoms with E-state index in [1.165, 1.54) is 0 Å². The molecule has 0 radical (unpaired) electrons. The number of halogens is 1. The molecule has 2 N–H and O–H groups in total. The third kappa shape index (κ3) is 4.03. The molecule has 0 bridgehead atoms. The Morgan fingerprint density at radius 2 is 2.00 bits per heavy atom. The summed E-state index contributed by atoms with van der Waals surface area (Å²) in [5.41, 5.74) is 3.72. The first-order valence-electron chi connectivity index (χ1n) is 7.21. The van der Waals surface area contributed by atoms with Crippen molar-refractivity contribution in [3.05, 3.63) is 64.2 Å². The van der Waals surface area contributed by atoms with Crippen LogP contribution in [-0.2, 0) is 17.3 Å². The molecule has 2 aromatic rings. The second kappa shape index (κ2) is 7.49. The van der Waals surface area contributed by atoms with E-state index in [-0.39, 0.29) is 12.5 Å². The number of aryl methyl sites for hydroxylation is 2. The van der Waals surface area contributed by atoms with Crippen molar-refractivity contribution in [2.45, 2.75) is 32.4 Å². The normalized spacial score (nSPS) is 12.0. The second-order valence-corrected chi connectivity index (χ2v) is 5.68. The zero-order valence-electron chi connectivity index (χ0n) is 13.0. The third-order valence-electron chi connectivity index (χ3n) is 3.70. The summed E-state index contributed by atoms with van der Waals surface area (Å²) in [7, 11) is 0. The van der Waals surface area contributed by atoms with Gasteiger partial charge in [-0.25, -0.2) is 4.79 Å². The first-order chi connectivity index (χ1) is 10.9. The van der Waals surface area contributed by atoms with Gasteiger partial charge in [-0.15, -0.1) is 11.6 Å². The Bertz CT molecular complexity index is 712. The highest BCUT2D eigenvalue weighted by Gasteiger charge is 2.21. The van der Waals surface area contributed by atoms with Crippen LogP contribution in [0.1, 0.15) is 33.9 Å². The molecule has 2 aromatic carbocycles. The molecular weight excluding hydrogens is 316 g/mol. The molecule has 0 saturated carbocycles. The van der Waals surface area contributed by atoms with Crippen LogP contribution in [0, 0.1) is 13.8 Å². The number of benzene rings is 2. The van der Waals surface area contributed by atoms with Crippen molar-refractivity contribution in [2.75, 3.05) is 0 Å². The van der Waals surface area contributed by atoms with Gasteiger partial charge < -0.3 is 14.9 Å². The standard InChI is InChI=1S/C18H19ClO4/c1-11-6-7-12(2)16(8-11)23-10-15-13(9-19)4-3-5-14(15)17(20)18(21)22/h3-8,17,20H,9-10H2,1-2H3,(H,21,22). The van der Waals surface area contributed by atoms with E-state index in [0.717, 1.165) is 22.4 Å². The first kappa shape index (κ1) is 17.3. The van der Waals surface area contributed by atoms with Gasteiger partial charge in [-0.3, -0.25) is 0 Å². The number of hydrogen-bond acceptors (Lipinski definition) is 3. The lowest BCUT2D eigenvalue weighted by atomic mass is 9.98. The number of hydrogen-bond donors (Lipinski definition) is 2. The van der Waals surface area contributed by atoms with E-state index in [4.69, 9.17) is 21.4 Å². The molecule has 122 valence electrons. The van der Waals surface area contributed by atoms with Gasteiger partial charge in [0.1, 0.15) is 12.4 Å². The fraction of sp³-hybridized carbons (Fsp3) is 0.278. The molecule has 0 aliphatic carbocycles. The molecule has 0 saturated heterocycles. The highest BCUT2D eigenvalue weighted by molar-refractivity contribution is 6.17. The Kier molecular flexibility index (Phi) is 5.64. The number of rotatable bonds is 6. The summed E-state index contributed by atoms with van der Waals surface area (Å²) in [4.78, 5) is 11.1. The minimum atomic E-state index is -1.60. The third-order valence-corrected chi connectivity index (χ3v) is 3.99. The zero-order chi connectivity index (χ0) is 17.0. The number of aliphatic hydroxyl groups excluding tert-OH is 1. The van der Waals surface area contributed by atoms with Crippen molar-refractivity contribution in [3.8, 4) is 5.75 Å². The van der Waals surface area contributed by atoms with Gasteiger partial charge in [0, 0.05) is 11.4 Å². The summed E-state index contributed by atoms with van der Waals surface area (Å²) < 4.78 is 5.85. The second-order valence-electron chi connectivity index (χ2n) is 5.42. The summed E-state index contributed by atoms with van der Waals surface area (Å²) in [6, 6.07) is 10.9. The van der Waals surface area contributed by atoms with E-state index >= 15 is 0 Å². The average molecular weight is 335 g/mol. The lowest BCUT2D eigenvalue weighted by Gasteiger charge is -2.17. The summed E-state index contributed by atoms with van der Waals surface area (Å²) >= 11 is 5.94. The Morgan fingerprint density at radius 3 is 2.65 bits per heavy atom. The quantitative estimate of drug-likeness (QED) is 0.790. The van der Waals surface area contributed by atoms with E-state index in [1.807, 2.05) is 32.0 Å². The molecule has 0 fully saturated rings. The summed E-state index contributed by atoms with van der Waals surface area (Å²) in [5.74, 6) is -0.360. The summed E-state index contributed by atoms with van der Waals surface area (Å²) in [6.45, 7) is 4.06. The summed E-state index contributed by atoms with van der Waals surface area (Å²) in [5, 5.41) is 19.0. The maximum Gasteiger partial charge on any atom is 0.337 e. The zero-order valence-corrected chi connectivity index (χ0v) is 13.8. The van der Waals surface area contributed by atoms with E-state index < -0.39 is 12.1 Å². The van der Waals surface area contributed by atoms with Crippen LogP contribution in [0.5, 0.6) is 5.75 Å². The van der Waals surface area contributed by atoms with Gasteiger partial charge in [-0.2, -0.15) is 0 Å². The van der Waals surface area contributed by atoms with Crippen LogP contribution in [0.4, 0.5) is 0 Å². The summed E-state index contributed by atoms with van der Waals surface area (Å²) in [6.07, 6.45) is -1.60. The minimum absolute atomic E-state index is 0.146. The fourth-order valence-corrected chi connectivity index (χ4v) is 2.61. The van der Waals surface area contributed by atoms with Gasteiger partial charge in [-0.1, -0.05) is 30.3 Å². The topological polar surface area (TPSA) is 66.8 Å². The highest BCUT2D eigenvalue weighted by Crippen LogP contribution is 2.26. The predicted molar refractivity (Wildman–Crippen MR) is 88.8 cm³/mol. The van der Waals surface area contributed by atoms with Crippen molar-refractivity contribution in [2.24, 2.45) is 0 Å². The number of aliphatic hydroxyl groups is 1. The number of aliphatic carboxylic acids is 1. The predicted octanol–water partition coefficient (Wildman–Crippen LogP) is 3.74. The molecule has 0 heterocycles. The SMILES string of the molecule is Cc1ccc(C)c(OCc2c(CCl)cccc2C(O)C(=O)O)c1. The first-order valence-corrected chi connectivity index (χ1v) is 7.75. The molecule has 4 nitrogen and oxygen atoms in total. The number of carboxylic acids is 1. The molecule has 2 rings (SSSR count). The van der Waals surface area contributed by atoms with E-state index in [9.17, 15) is 9.90 Å². The monoisotopic (exact) mass is 334 g/mol. The molecule has 0 aliphatic rings. The Labute approximate surface area is 140 Å². The number of carboxylic acid groups (broad SMARTS) is 1. The molecule has 5 heteroatoms. The van der Waals surface area contributed by atoms with Crippen LogP contribution >= 0.6 is 11.6 Å². The van der Waals surface area contributed by atoms with E-state index in [0.29, 0.717) is 11.1 Å². The molecule has 1 atom stereocenters. The minimum Gasteiger partial charge on any atom is -0.489 e. The number of alkyl halides is 1. The molecule has 0 aliphatic heterocycles. The van der Waals surface area contributed by atoms with Gasteiger partial charge in [0.15, 0.2) is 6.10 Å². The largest absolute Gasteiger partial charge is 0.489 e. The number of carbonyl (C=O) groups is 1. The molecule has 0 spiro atoms. The van der Waals surface area contributed by atoms with Gasteiger partial charge in [0.05, 0.1) is 0 Å². The fourth-order valence-electron chi connectivity index (χ4n) is 2.36. The van der Waals surface area contributed by atoms with E-state index in [1.54, 1.807) is 18.2 Å². The van der Waals surface area contributed by atoms with Crippen molar-refractivity contribution in [1.29, 1.82) is 0 Å². The van der Waals surface area contributed by atoms with Crippen LogP contribution in [0.15, 0.2) is 36.4 Å². The van der Waals surface area contributed by atoms with Crippen LogP contribution in [0.2, 0.25) is 0 Å². The maximum absolute atomic E-state index is 11.1. The van der Waals surface area contributed by atoms with Crippen LogP contribution in [0.3, 0.4) is 0 Å². The van der Waals surface area contributed by atoms with Crippen molar-refractivity contribution >= 4 is 17.6 Å². The van der Waals surface area contributed by atoms with E-state index in [2.05, 4.69) is 0 Å². The Hall–Kier alpha value is -2.04. The van der Waals surface area contributed by atoms with Crippen LogP contribution in [0.25, 0.3) is 0 Å². The van der Waals surface area contributed by atoms with Crippen LogP contribution in [-0.4, -0.2) is 16.2 Å². The highest BCUT2D eigenvalue weighted by atomic mass is 35.5. The van der Waals surface area contributed by atoms with Gasteiger partial charge in [0.25, 0.3) is 0 Å². The van der Waals surface area contributed by atoms with Crippen LogP contribution < -0.4 is 4.74 Å². The van der Waals surface area contributed by atoms with Gasteiger partial charge >= 0.3 is 5.97 Å². The Morgan fingerprint density at radius 1 is 1.26 bits per heavy atom. The van der Waals surface area contributed by atoms with Gasteiger partial charge in [0.2, 0.25) is 0 Å². The molecule has 0 aromatic heterocycles. The maximum atomic E-state index is 11.1. The number of ether oxygens (including phenoxy) is 1. The lowest BCUT2D eigenvalue weighted by molar-refractivity contribution is -0.147. The molecule has 23 heavy (non-hydrogen) atoms.